The fourth-order valence-electron chi connectivity index (χ4n) is 2.85. The molecule has 1 aliphatic carbocycles. The summed E-state index contributed by atoms with van der Waals surface area (Å²) in [4.78, 5) is 0.686. The summed E-state index contributed by atoms with van der Waals surface area (Å²) in [5.74, 6) is 1.04. The molecule has 1 aromatic carbocycles. The number of benzene rings is 1. The summed E-state index contributed by atoms with van der Waals surface area (Å²) in [5.41, 5.74) is 3.68. The highest BCUT2D eigenvalue weighted by Crippen LogP contribution is 2.30. The lowest BCUT2D eigenvalue weighted by atomic mass is 9.89. The third-order valence-corrected chi connectivity index (χ3v) is 4.67. The molecular weight excluding hydrogens is 361 g/mol. The number of ether oxygens (including phenoxy) is 2. The van der Waals surface area contributed by atoms with Gasteiger partial charge in [0.1, 0.15) is 19.0 Å². The van der Waals surface area contributed by atoms with Crippen molar-refractivity contribution in [3.05, 3.63) is 47.1 Å². The summed E-state index contributed by atoms with van der Waals surface area (Å²) in [6, 6.07) is 3.87. The minimum Gasteiger partial charge on any atom is -0.490 e. The Morgan fingerprint density at radius 2 is 2.00 bits per heavy atom. The van der Waals surface area contributed by atoms with Gasteiger partial charge in [-0.25, -0.2) is 0 Å². The van der Waals surface area contributed by atoms with Gasteiger partial charge in [0.05, 0.1) is 6.61 Å². The lowest BCUT2D eigenvalue weighted by Crippen LogP contribution is -2.19. The van der Waals surface area contributed by atoms with E-state index in [0.29, 0.717) is 16.6 Å². The smallest absolute Gasteiger partial charge is 0.411 e. The molecule has 1 atom stereocenters. The van der Waals surface area contributed by atoms with E-state index in [9.17, 15) is 13.2 Å². The highest BCUT2D eigenvalue weighted by atomic mass is 32.1. The summed E-state index contributed by atoms with van der Waals surface area (Å²) in [5, 5.41) is 0. The number of aryl methyl sites for hydroxylation is 1. The van der Waals surface area contributed by atoms with Gasteiger partial charge in [0.2, 0.25) is 0 Å². The van der Waals surface area contributed by atoms with Crippen LogP contribution in [0.2, 0.25) is 0 Å². The molecule has 0 aliphatic heterocycles. The molecule has 0 aromatic heterocycles. The van der Waals surface area contributed by atoms with Crippen molar-refractivity contribution in [2.24, 2.45) is 5.92 Å². The fourth-order valence-corrected chi connectivity index (χ4v) is 3.14. The lowest BCUT2D eigenvalue weighted by molar-refractivity contribution is -0.175. The molecule has 6 heteroatoms. The summed E-state index contributed by atoms with van der Waals surface area (Å²) < 4.78 is 46.1. The normalized spacial score (nSPS) is 17.3. The molecule has 0 heterocycles. The van der Waals surface area contributed by atoms with Gasteiger partial charge in [-0.3, -0.25) is 0 Å². The zero-order chi connectivity index (χ0) is 19.2. The first-order valence-corrected chi connectivity index (χ1v) is 9.20. The average Bonchev–Trinajstić information content (AvgIpc) is 2.58. The molecular formula is C20H25F3O2S. The van der Waals surface area contributed by atoms with Gasteiger partial charge < -0.3 is 9.47 Å². The molecule has 0 bridgehead atoms. The standard InChI is InChI=1S/C20H25F3O2S/c1-3-15-4-6-16(7-5-15)11-17-12-19(26)18(10-14(17)2)25-9-8-24-13-20(21,22)23/h4-6,10,12,16,26H,3,7-9,11,13H2,1-2H3. The first-order chi connectivity index (χ1) is 12.3. The second-order valence-electron chi connectivity index (χ2n) is 6.45. The average molecular weight is 386 g/mol. The molecule has 0 saturated carbocycles. The Labute approximate surface area is 158 Å². The van der Waals surface area contributed by atoms with E-state index >= 15 is 0 Å². The first-order valence-electron chi connectivity index (χ1n) is 8.75. The van der Waals surface area contributed by atoms with E-state index in [2.05, 4.69) is 42.5 Å². The van der Waals surface area contributed by atoms with Gasteiger partial charge in [0, 0.05) is 4.90 Å². The highest BCUT2D eigenvalue weighted by molar-refractivity contribution is 7.80. The number of hydrogen-bond donors (Lipinski definition) is 1. The summed E-state index contributed by atoms with van der Waals surface area (Å²) in [7, 11) is 0. The van der Waals surface area contributed by atoms with Crippen LogP contribution >= 0.6 is 12.6 Å². The van der Waals surface area contributed by atoms with Crippen LogP contribution in [0, 0.1) is 12.8 Å². The monoisotopic (exact) mass is 386 g/mol. The van der Waals surface area contributed by atoms with Crippen molar-refractivity contribution in [2.75, 3.05) is 19.8 Å². The summed E-state index contributed by atoms with van der Waals surface area (Å²) in [6.45, 7) is 2.84. The lowest BCUT2D eigenvalue weighted by Gasteiger charge is -2.18. The van der Waals surface area contributed by atoms with Crippen LogP contribution in [0.5, 0.6) is 5.75 Å². The minimum absolute atomic E-state index is 0.0539. The van der Waals surface area contributed by atoms with Crippen molar-refractivity contribution < 1.29 is 22.6 Å². The summed E-state index contributed by atoms with van der Waals surface area (Å²) in [6.07, 6.45) is 5.46. The molecule has 0 radical (unpaired) electrons. The van der Waals surface area contributed by atoms with Crippen molar-refractivity contribution in [2.45, 2.75) is 44.2 Å². The van der Waals surface area contributed by atoms with Crippen LogP contribution in [0.4, 0.5) is 13.2 Å². The first kappa shape index (κ1) is 20.9. The second-order valence-corrected chi connectivity index (χ2v) is 6.94. The van der Waals surface area contributed by atoms with Crippen LogP contribution in [0.25, 0.3) is 0 Å². The van der Waals surface area contributed by atoms with Crippen LogP contribution in [0.3, 0.4) is 0 Å². The molecule has 0 N–H and O–H groups in total. The van der Waals surface area contributed by atoms with Gasteiger partial charge in [0.15, 0.2) is 0 Å². The van der Waals surface area contributed by atoms with Crippen molar-refractivity contribution in [1.82, 2.24) is 0 Å². The molecule has 1 aliphatic rings. The van der Waals surface area contributed by atoms with Gasteiger partial charge in [-0.15, -0.1) is 12.6 Å². The maximum Gasteiger partial charge on any atom is 0.411 e. The predicted octanol–water partition coefficient (Wildman–Crippen LogP) is 5.70. The number of thiol groups is 1. The molecule has 1 aromatic rings. The predicted molar refractivity (Wildman–Crippen MR) is 100 cm³/mol. The van der Waals surface area contributed by atoms with Crippen LogP contribution in [-0.4, -0.2) is 26.0 Å². The van der Waals surface area contributed by atoms with Gasteiger partial charge in [0.25, 0.3) is 0 Å². The Balaban J connectivity index is 1.87. The van der Waals surface area contributed by atoms with E-state index in [1.807, 2.05) is 19.1 Å². The number of alkyl halides is 3. The molecule has 0 saturated heterocycles. The topological polar surface area (TPSA) is 18.5 Å². The zero-order valence-corrected chi connectivity index (χ0v) is 16.0. The Morgan fingerprint density at radius 3 is 2.62 bits per heavy atom. The highest BCUT2D eigenvalue weighted by Gasteiger charge is 2.27. The molecule has 1 unspecified atom stereocenters. The third-order valence-electron chi connectivity index (χ3n) is 4.32. The van der Waals surface area contributed by atoms with Crippen LogP contribution in [-0.2, 0) is 11.2 Å². The van der Waals surface area contributed by atoms with Crippen LogP contribution in [0.15, 0.2) is 40.8 Å². The quantitative estimate of drug-likeness (QED) is 0.457. The zero-order valence-electron chi connectivity index (χ0n) is 15.1. The third kappa shape index (κ3) is 6.72. The van der Waals surface area contributed by atoms with Gasteiger partial charge in [-0.1, -0.05) is 30.7 Å². The maximum absolute atomic E-state index is 12.0. The van der Waals surface area contributed by atoms with E-state index in [1.54, 1.807) is 0 Å². The van der Waals surface area contributed by atoms with Crippen molar-refractivity contribution in [3.63, 3.8) is 0 Å². The number of hydrogen-bond acceptors (Lipinski definition) is 3. The fraction of sp³-hybridized carbons (Fsp3) is 0.500. The number of rotatable bonds is 8. The van der Waals surface area contributed by atoms with Crippen LogP contribution < -0.4 is 4.74 Å². The van der Waals surface area contributed by atoms with Gasteiger partial charge in [-0.05, 0) is 55.4 Å². The van der Waals surface area contributed by atoms with Gasteiger partial charge in [-0.2, -0.15) is 13.2 Å². The largest absolute Gasteiger partial charge is 0.490 e. The Morgan fingerprint density at radius 1 is 1.23 bits per heavy atom. The van der Waals surface area contributed by atoms with E-state index in [1.165, 1.54) is 11.1 Å². The Bertz CT molecular complexity index is 666. The molecule has 144 valence electrons. The second kappa shape index (κ2) is 9.51. The number of halogens is 3. The summed E-state index contributed by atoms with van der Waals surface area (Å²) >= 11 is 4.46. The van der Waals surface area contributed by atoms with Crippen molar-refractivity contribution in [3.8, 4) is 5.75 Å². The maximum atomic E-state index is 12.0. The van der Waals surface area contributed by atoms with Crippen molar-refractivity contribution in [1.29, 1.82) is 0 Å². The molecule has 0 fully saturated rings. The molecule has 26 heavy (non-hydrogen) atoms. The van der Waals surface area contributed by atoms with Crippen LogP contribution in [0.1, 0.15) is 30.9 Å². The van der Waals surface area contributed by atoms with E-state index in [4.69, 9.17) is 4.74 Å². The molecule has 2 rings (SSSR count). The van der Waals surface area contributed by atoms with E-state index in [0.717, 1.165) is 24.8 Å². The molecule has 0 spiro atoms. The van der Waals surface area contributed by atoms with E-state index in [-0.39, 0.29) is 13.2 Å². The van der Waals surface area contributed by atoms with Crippen molar-refractivity contribution >= 4 is 12.6 Å². The Hall–Kier alpha value is -1.40. The minimum atomic E-state index is -4.31. The Kier molecular flexibility index (Phi) is 7.65. The molecule has 2 nitrogen and oxygen atoms in total. The molecule has 0 amide bonds. The van der Waals surface area contributed by atoms with E-state index < -0.39 is 12.8 Å². The SMILES string of the molecule is CCC1=CCC(Cc2cc(S)c(OCCOCC(F)(F)F)cc2C)C=C1. The van der Waals surface area contributed by atoms with Gasteiger partial charge >= 0.3 is 6.18 Å². The number of allylic oxidation sites excluding steroid dienone is 4.